The van der Waals surface area contributed by atoms with Crippen LogP contribution in [0.1, 0.15) is 11.1 Å². The number of ether oxygens (including phenoxy) is 4. The van der Waals surface area contributed by atoms with Crippen LogP contribution in [-0.4, -0.2) is 168 Å². The SMILES string of the molecule is CN(C)CCOCCOc1ccc(CCN)cc1.CN(C)CCOCCOc1ccc(CCNc2nc(N)n3nc(-c4ccco4)nc3n2)cc1.CS(=O)(=O)c1nc(N)n2nc(-c3ccco3)nc2n1. The molecule has 25 heteroatoms. The summed E-state index contributed by atoms with van der Waals surface area (Å²) in [4.78, 5) is 28.7. The molecule has 0 aliphatic heterocycles. The lowest BCUT2D eigenvalue weighted by atomic mass is 10.1. The van der Waals surface area contributed by atoms with Gasteiger partial charge in [-0.1, -0.05) is 24.3 Å². The molecule has 7 N–H and O–H groups in total. The van der Waals surface area contributed by atoms with E-state index in [4.69, 9.17) is 45.0 Å². The van der Waals surface area contributed by atoms with Gasteiger partial charge in [0.1, 0.15) is 24.7 Å². The molecule has 24 nitrogen and oxygen atoms in total. The zero-order valence-electron chi connectivity index (χ0n) is 39.8. The van der Waals surface area contributed by atoms with Gasteiger partial charge in [0.05, 0.1) is 39.0 Å². The van der Waals surface area contributed by atoms with E-state index in [0.717, 1.165) is 60.4 Å². The number of hydrogen-bond donors (Lipinski definition) is 4. The molecule has 6 heterocycles. The van der Waals surface area contributed by atoms with Gasteiger partial charge in [0.2, 0.25) is 39.3 Å². The molecule has 0 aliphatic rings. The molecule has 0 atom stereocenters. The molecule has 0 amide bonds. The van der Waals surface area contributed by atoms with Gasteiger partial charge in [0.25, 0.3) is 16.7 Å². The number of rotatable bonds is 23. The van der Waals surface area contributed by atoms with Crippen molar-refractivity contribution in [3.05, 3.63) is 96.4 Å². The van der Waals surface area contributed by atoms with Crippen molar-refractivity contribution in [2.45, 2.75) is 18.0 Å². The molecule has 0 saturated heterocycles. The minimum atomic E-state index is -3.57. The van der Waals surface area contributed by atoms with Crippen LogP contribution in [0.4, 0.5) is 17.8 Å². The summed E-state index contributed by atoms with van der Waals surface area (Å²) in [5.41, 5.74) is 19.6. The predicted octanol–water partition coefficient (Wildman–Crippen LogP) is 2.88. The summed E-state index contributed by atoms with van der Waals surface area (Å²) >= 11 is 0. The van der Waals surface area contributed by atoms with E-state index in [9.17, 15) is 8.42 Å². The number of benzene rings is 2. The molecule has 2 aromatic carbocycles. The summed E-state index contributed by atoms with van der Waals surface area (Å²) in [6.07, 6.45) is 5.71. The Hall–Kier alpha value is -7.29. The summed E-state index contributed by atoms with van der Waals surface area (Å²) in [6, 6.07) is 22.9. The Bertz CT molecular complexity index is 2890. The lowest BCUT2D eigenvalue weighted by Gasteiger charge is -2.11. The van der Waals surface area contributed by atoms with Crippen molar-refractivity contribution in [1.29, 1.82) is 0 Å². The Morgan fingerprint density at radius 3 is 1.56 bits per heavy atom. The molecule has 0 bridgehead atoms. The van der Waals surface area contributed by atoms with E-state index in [1.165, 1.54) is 16.3 Å². The van der Waals surface area contributed by atoms with Crippen molar-refractivity contribution >= 4 is 39.2 Å². The van der Waals surface area contributed by atoms with E-state index in [-0.39, 0.29) is 23.5 Å². The number of nitrogen functional groups attached to an aromatic ring is 2. The van der Waals surface area contributed by atoms with Crippen molar-refractivity contribution < 1.29 is 36.2 Å². The first-order valence-electron chi connectivity index (χ1n) is 22.2. The van der Waals surface area contributed by atoms with Gasteiger partial charge in [-0.15, -0.1) is 10.2 Å². The number of nitrogens with one attached hydrogen (secondary N) is 1. The van der Waals surface area contributed by atoms with Gasteiger partial charge < -0.3 is 60.1 Å². The molecule has 0 aliphatic carbocycles. The number of nitrogens with zero attached hydrogens (tertiary/aromatic N) is 12. The van der Waals surface area contributed by atoms with Crippen molar-refractivity contribution in [2.24, 2.45) is 5.73 Å². The third-order valence-electron chi connectivity index (χ3n) is 9.60. The monoisotopic (exact) mass is 984 g/mol. The molecule has 70 heavy (non-hydrogen) atoms. The van der Waals surface area contributed by atoms with Crippen LogP contribution in [0.5, 0.6) is 11.5 Å². The molecule has 0 spiro atoms. The van der Waals surface area contributed by atoms with Crippen LogP contribution in [0.3, 0.4) is 0 Å². The summed E-state index contributed by atoms with van der Waals surface area (Å²) in [7, 11) is 4.54. The maximum absolute atomic E-state index is 11.4. The maximum atomic E-state index is 11.4. The summed E-state index contributed by atoms with van der Waals surface area (Å²) in [6.45, 7) is 6.91. The van der Waals surface area contributed by atoms with Gasteiger partial charge in [-0.2, -0.15) is 38.9 Å². The molecular formula is C45H60N16O8S. The van der Waals surface area contributed by atoms with Crippen LogP contribution in [0.2, 0.25) is 0 Å². The van der Waals surface area contributed by atoms with Crippen molar-refractivity contribution in [2.75, 3.05) is 117 Å². The second kappa shape index (κ2) is 25.9. The molecular weight excluding hydrogens is 925 g/mol. The quantitative estimate of drug-likeness (QED) is 0.0670. The molecule has 6 aromatic heterocycles. The van der Waals surface area contributed by atoms with E-state index in [1.807, 2.05) is 64.6 Å². The topological polar surface area (TPSA) is 306 Å². The van der Waals surface area contributed by atoms with E-state index in [2.05, 4.69) is 67.4 Å². The van der Waals surface area contributed by atoms with Gasteiger partial charge in [-0.25, -0.2) is 8.42 Å². The highest BCUT2D eigenvalue weighted by atomic mass is 32.2. The number of sulfone groups is 1. The largest absolute Gasteiger partial charge is 0.491 e. The van der Waals surface area contributed by atoms with Crippen LogP contribution >= 0.6 is 0 Å². The third kappa shape index (κ3) is 16.2. The first-order chi connectivity index (χ1) is 33.7. The van der Waals surface area contributed by atoms with E-state index in [1.54, 1.807) is 30.5 Å². The lowest BCUT2D eigenvalue weighted by molar-refractivity contribution is 0.0889. The highest BCUT2D eigenvalue weighted by molar-refractivity contribution is 7.90. The number of nitrogens with two attached hydrogens (primary N) is 3. The number of furan rings is 2. The second-order valence-electron chi connectivity index (χ2n) is 15.8. The average Bonchev–Trinajstić information content (AvgIpc) is 4.18. The minimum Gasteiger partial charge on any atom is -0.491 e. The first-order valence-corrected chi connectivity index (χ1v) is 24.1. The van der Waals surface area contributed by atoms with E-state index in [0.29, 0.717) is 75.2 Å². The van der Waals surface area contributed by atoms with Gasteiger partial charge in [-0.05, 0) is 107 Å². The molecule has 8 aromatic rings. The summed E-state index contributed by atoms with van der Waals surface area (Å²) < 4.78 is 58.1. The number of hydrogen-bond acceptors (Lipinski definition) is 22. The Balaban J connectivity index is 0.000000185. The van der Waals surface area contributed by atoms with Crippen molar-refractivity contribution in [1.82, 2.24) is 58.9 Å². The minimum absolute atomic E-state index is 0.0410. The Morgan fingerprint density at radius 1 is 0.614 bits per heavy atom. The Labute approximate surface area is 405 Å². The van der Waals surface area contributed by atoms with E-state index >= 15 is 0 Å². The molecule has 0 radical (unpaired) electrons. The normalized spacial score (nSPS) is 11.4. The highest BCUT2D eigenvalue weighted by Gasteiger charge is 2.19. The smallest absolute Gasteiger partial charge is 0.259 e. The molecule has 374 valence electrons. The predicted molar refractivity (Wildman–Crippen MR) is 262 cm³/mol. The second-order valence-corrected chi connectivity index (χ2v) is 17.7. The van der Waals surface area contributed by atoms with Crippen molar-refractivity contribution in [3.8, 4) is 34.7 Å². The number of likely N-dealkylation sites (N-methyl/N-ethyl adjacent to an activating group) is 2. The summed E-state index contributed by atoms with van der Waals surface area (Å²) in [5.74, 6) is 4.18. The van der Waals surface area contributed by atoms with Crippen LogP contribution in [-0.2, 0) is 32.2 Å². The zero-order valence-corrected chi connectivity index (χ0v) is 40.7. The van der Waals surface area contributed by atoms with Gasteiger partial charge >= 0.3 is 0 Å². The lowest BCUT2D eigenvalue weighted by Crippen LogP contribution is -2.19. The van der Waals surface area contributed by atoms with Crippen LogP contribution < -0.4 is 32.0 Å². The number of anilines is 3. The fourth-order valence-electron chi connectivity index (χ4n) is 5.98. The van der Waals surface area contributed by atoms with Crippen LogP contribution in [0, 0.1) is 0 Å². The fraction of sp³-hybridized carbons (Fsp3) is 0.378. The van der Waals surface area contributed by atoms with Crippen LogP contribution in [0.25, 0.3) is 34.7 Å². The van der Waals surface area contributed by atoms with Crippen molar-refractivity contribution in [3.63, 3.8) is 0 Å². The number of aromatic nitrogens is 10. The summed E-state index contributed by atoms with van der Waals surface area (Å²) in [5, 5.41) is 11.1. The van der Waals surface area contributed by atoms with Gasteiger partial charge in [-0.3, -0.25) is 0 Å². The zero-order chi connectivity index (χ0) is 49.9. The molecule has 0 unspecified atom stereocenters. The molecule has 8 rings (SSSR count). The number of fused-ring (bicyclic) bond motifs is 2. The fourth-order valence-corrected chi connectivity index (χ4v) is 6.49. The highest BCUT2D eigenvalue weighted by Crippen LogP contribution is 2.20. The average molecular weight is 985 g/mol. The van der Waals surface area contributed by atoms with Crippen LogP contribution in [0.15, 0.2) is 99.3 Å². The third-order valence-corrected chi connectivity index (χ3v) is 10.4. The standard InChI is InChI=1S/C22H28N8O3.C14H24N2O2.C9H8N6O3S/c1-29(2)11-13-31-14-15-32-17-7-5-16(6-8-17)9-10-24-21-26-20(23)30-22(27-21)25-19(28-30)18-4-3-12-33-18;1-16(2)9-10-17-11-12-18-14-5-3-13(4-6-14)7-8-15;1-19(16,17)9-12-7(10)15-8(13-9)11-6(14-15)5-3-2-4-18-5/h3-8,12H,9-11,13-15H2,1-2H3,(H3,23,24,25,26,27,28);3-6H,7-12,15H2,1-2H3;2-4H,1H3,(H2,10,11,12,13,14). The Kier molecular flexibility index (Phi) is 19.3. The van der Waals surface area contributed by atoms with E-state index < -0.39 is 15.0 Å². The van der Waals surface area contributed by atoms with Gasteiger partial charge in [0.15, 0.2) is 11.5 Å². The first kappa shape index (κ1) is 52.1. The van der Waals surface area contributed by atoms with Gasteiger partial charge in [0, 0.05) is 25.9 Å². The molecule has 0 fully saturated rings. The Morgan fingerprint density at radius 2 is 1.10 bits per heavy atom. The maximum Gasteiger partial charge on any atom is 0.259 e. The molecule has 0 saturated carbocycles.